The van der Waals surface area contributed by atoms with Crippen molar-refractivity contribution in [3.63, 3.8) is 0 Å². The minimum Gasteiger partial charge on any atom is -0.465 e. The summed E-state index contributed by atoms with van der Waals surface area (Å²) in [6, 6.07) is 7.33. The van der Waals surface area contributed by atoms with Gasteiger partial charge in [0.05, 0.1) is 17.6 Å². The lowest BCUT2D eigenvalue weighted by Crippen LogP contribution is -2.24. The van der Waals surface area contributed by atoms with Gasteiger partial charge in [-0.2, -0.15) is 0 Å². The fourth-order valence-corrected chi connectivity index (χ4v) is 2.19. The average molecular weight is 346 g/mol. The molecule has 0 radical (unpaired) electrons. The smallest absolute Gasteiger partial charge is 0.315 e. The molecule has 19 heavy (non-hydrogen) atoms. The van der Waals surface area contributed by atoms with Crippen LogP contribution in [0.5, 0.6) is 0 Å². The molecule has 0 bridgehead atoms. The summed E-state index contributed by atoms with van der Waals surface area (Å²) in [6.45, 7) is 3.88. The fourth-order valence-electron chi connectivity index (χ4n) is 1.25. The molecule has 1 N–H and O–H groups in total. The third-order valence-electron chi connectivity index (χ3n) is 2.24. The quantitative estimate of drug-likeness (QED) is 0.805. The maximum absolute atomic E-state index is 11.9. The summed E-state index contributed by atoms with van der Waals surface area (Å²) in [5.41, 5.74) is 0.733. The Morgan fingerprint density at radius 2 is 2.00 bits per heavy atom. The lowest BCUT2D eigenvalue weighted by Gasteiger charge is -2.11. The third kappa shape index (κ3) is 6.11. The number of nitrogens with one attached hydrogen (secondary N) is 1. The molecule has 104 valence electrons. The number of amides is 1. The average Bonchev–Trinajstić information content (AvgIpc) is 2.39. The second kappa shape index (κ2) is 8.22. The predicted octanol–water partition coefficient (Wildman–Crippen LogP) is 3.07. The van der Waals surface area contributed by atoms with Crippen LogP contribution in [-0.2, 0) is 14.3 Å². The minimum absolute atomic E-state index is 0.128. The molecule has 1 rings (SSSR count). The van der Waals surface area contributed by atoms with Crippen molar-refractivity contribution in [2.45, 2.75) is 19.1 Å². The molecule has 0 saturated heterocycles. The van der Waals surface area contributed by atoms with Gasteiger partial charge in [-0.05, 0) is 38.1 Å². The van der Waals surface area contributed by atoms with E-state index in [4.69, 9.17) is 4.74 Å². The SMILES string of the molecule is CCOC(=O)CS[C@@H](C)C(=O)Nc1ccc(Br)cc1. The first-order chi connectivity index (χ1) is 9.02. The number of benzene rings is 1. The van der Waals surface area contributed by atoms with Crippen LogP contribution in [0.4, 0.5) is 5.69 Å². The standard InChI is InChI=1S/C13H16BrNO3S/c1-3-18-12(16)8-19-9(2)13(17)15-11-6-4-10(14)5-7-11/h4-7,9H,3,8H2,1-2H3,(H,15,17)/t9-/m0/s1. The third-order valence-corrected chi connectivity index (χ3v) is 3.88. The van der Waals surface area contributed by atoms with Crippen LogP contribution in [0, 0.1) is 0 Å². The molecule has 0 aromatic heterocycles. The van der Waals surface area contributed by atoms with Crippen molar-refractivity contribution < 1.29 is 14.3 Å². The Morgan fingerprint density at radius 3 is 2.58 bits per heavy atom. The van der Waals surface area contributed by atoms with E-state index in [0.717, 1.165) is 10.2 Å². The molecule has 0 aliphatic heterocycles. The molecule has 0 aliphatic carbocycles. The molecular formula is C13H16BrNO3S. The van der Waals surface area contributed by atoms with Gasteiger partial charge in [0.15, 0.2) is 0 Å². The van der Waals surface area contributed by atoms with Crippen LogP contribution in [0.1, 0.15) is 13.8 Å². The first-order valence-corrected chi connectivity index (χ1v) is 7.70. The van der Waals surface area contributed by atoms with Crippen LogP contribution in [0.25, 0.3) is 0 Å². The zero-order valence-electron chi connectivity index (χ0n) is 10.8. The topological polar surface area (TPSA) is 55.4 Å². The van der Waals surface area contributed by atoms with Crippen LogP contribution in [0.3, 0.4) is 0 Å². The minimum atomic E-state index is -0.312. The molecule has 0 spiro atoms. The van der Waals surface area contributed by atoms with E-state index in [1.165, 1.54) is 11.8 Å². The highest BCUT2D eigenvalue weighted by Gasteiger charge is 2.15. The molecule has 1 aromatic rings. The Kier molecular flexibility index (Phi) is 6.94. The molecule has 0 unspecified atom stereocenters. The lowest BCUT2D eigenvalue weighted by molar-refractivity contribution is -0.139. The van der Waals surface area contributed by atoms with Crippen LogP contribution < -0.4 is 5.32 Å². The largest absolute Gasteiger partial charge is 0.465 e. The molecule has 0 fully saturated rings. The van der Waals surface area contributed by atoms with Gasteiger partial charge in [0, 0.05) is 10.2 Å². The van der Waals surface area contributed by atoms with Crippen LogP contribution in [-0.4, -0.2) is 29.5 Å². The summed E-state index contributed by atoms with van der Waals surface area (Å²) in [5.74, 6) is -0.240. The molecule has 0 heterocycles. The summed E-state index contributed by atoms with van der Waals surface area (Å²) in [4.78, 5) is 23.1. The normalized spacial score (nSPS) is 11.7. The van der Waals surface area contributed by atoms with E-state index in [1.807, 2.05) is 24.3 Å². The van der Waals surface area contributed by atoms with Crippen molar-refractivity contribution in [1.82, 2.24) is 0 Å². The van der Waals surface area contributed by atoms with E-state index in [1.54, 1.807) is 13.8 Å². The van der Waals surface area contributed by atoms with E-state index in [0.29, 0.717) is 6.61 Å². The van der Waals surface area contributed by atoms with Crippen molar-refractivity contribution >= 4 is 45.3 Å². The number of ether oxygens (including phenoxy) is 1. The van der Waals surface area contributed by atoms with Crippen LogP contribution in [0.2, 0.25) is 0 Å². The number of carbonyl (C=O) groups excluding carboxylic acids is 2. The Bertz CT molecular complexity index is 436. The van der Waals surface area contributed by atoms with E-state index in [9.17, 15) is 9.59 Å². The van der Waals surface area contributed by atoms with Crippen molar-refractivity contribution in [3.8, 4) is 0 Å². The Labute approximate surface area is 125 Å². The van der Waals surface area contributed by atoms with E-state index in [-0.39, 0.29) is 22.9 Å². The zero-order chi connectivity index (χ0) is 14.3. The number of halogens is 1. The molecule has 1 atom stereocenters. The molecule has 4 nitrogen and oxygen atoms in total. The first kappa shape index (κ1) is 16.0. The van der Waals surface area contributed by atoms with Gasteiger partial charge in [-0.25, -0.2) is 0 Å². The molecule has 0 saturated carbocycles. The van der Waals surface area contributed by atoms with Gasteiger partial charge in [-0.1, -0.05) is 15.9 Å². The summed E-state index contributed by atoms with van der Waals surface area (Å²) in [5, 5.41) is 2.48. The summed E-state index contributed by atoms with van der Waals surface area (Å²) >= 11 is 4.59. The highest BCUT2D eigenvalue weighted by Crippen LogP contribution is 2.17. The molecule has 6 heteroatoms. The Morgan fingerprint density at radius 1 is 1.37 bits per heavy atom. The maximum Gasteiger partial charge on any atom is 0.315 e. The van der Waals surface area contributed by atoms with Gasteiger partial charge in [0.25, 0.3) is 0 Å². The number of rotatable bonds is 6. The molecule has 1 aromatic carbocycles. The van der Waals surface area contributed by atoms with Gasteiger partial charge >= 0.3 is 5.97 Å². The summed E-state index contributed by atoms with van der Waals surface area (Å²) < 4.78 is 5.76. The van der Waals surface area contributed by atoms with Crippen molar-refractivity contribution in [2.75, 3.05) is 17.7 Å². The number of thioether (sulfide) groups is 1. The number of anilines is 1. The fraction of sp³-hybridized carbons (Fsp3) is 0.385. The summed E-state index contributed by atoms with van der Waals surface area (Å²) in [6.07, 6.45) is 0. The van der Waals surface area contributed by atoms with E-state index >= 15 is 0 Å². The molecule has 1 amide bonds. The van der Waals surface area contributed by atoms with Gasteiger partial charge < -0.3 is 10.1 Å². The van der Waals surface area contributed by atoms with E-state index < -0.39 is 0 Å². The highest BCUT2D eigenvalue weighted by atomic mass is 79.9. The number of hydrogen-bond donors (Lipinski definition) is 1. The predicted molar refractivity (Wildman–Crippen MR) is 81.3 cm³/mol. The van der Waals surface area contributed by atoms with Crippen molar-refractivity contribution in [1.29, 1.82) is 0 Å². The monoisotopic (exact) mass is 345 g/mol. The Hall–Kier alpha value is -1.01. The number of esters is 1. The van der Waals surface area contributed by atoms with Gasteiger partial charge in [0.1, 0.15) is 0 Å². The van der Waals surface area contributed by atoms with Crippen molar-refractivity contribution in [3.05, 3.63) is 28.7 Å². The molecule has 0 aliphatic rings. The van der Waals surface area contributed by atoms with Gasteiger partial charge in [-0.15, -0.1) is 11.8 Å². The maximum atomic E-state index is 11.9. The van der Waals surface area contributed by atoms with Crippen molar-refractivity contribution in [2.24, 2.45) is 0 Å². The van der Waals surface area contributed by atoms with Gasteiger partial charge in [-0.3, -0.25) is 9.59 Å². The highest BCUT2D eigenvalue weighted by molar-refractivity contribution is 9.10. The molecular weight excluding hydrogens is 330 g/mol. The van der Waals surface area contributed by atoms with Crippen LogP contribution >= 0.6 is 27.7 Å². The Balaban J connectivity index is 2.40. The van der Waals surface area contributed by atoms with Gasteiger partial charge in [0.2, 0.25) is 5.91 Å². The zero-order valence-corrected chi connectivity index (χ0v) is 13.2. The number of hydrogen-bond acceptors (Lipinski definition) is 4. The summed E-state index contributed by atoms with van der Waals surface area (Å²) in [7, 11) is 0. The van der Waals surface area contributed by atoms with E-state index in [2.05, 4.69) is 21.2 Å². The second-order valence-electron chi connectivity index (χ2n) is 3.75. The number of carbonyl (C=O) groups is 2. The first-order valence-electron chi connectivity index (χ1n) is 5.86. The second-order valence-corrected chi connectivity index (χ2v) is 6.00. The lowest BCUT2D eigenvalue weighted by atomic mass is 10.3. The van der Waals surface area contributed by atoms with Crippen LogP contribution in [0.15, 0.2) is 28.7 Å².